The molecule has 0 aromatic heterocycles. The van der Waals surface area contributed by atoms with Gasteiger partial charge < -0.3 is 47.1 Å². The second-order valence-corrected chi connectivity index (χ2v) is 22.3. The van der Waals surface area contributed by atoms with Crippen molar-refractivity contribution in [1.29, 1.82) is 0 Å². The molecule has 0 unspecified atom stereocenters. The molecular formula is C55H85CoN4O8+. The second kappa shape index (κ2) is 26.2. The molecule has 1 radical (unpaired) electrons. The second-order valence-electron chi connectivity index (χ2n) is 22.3. The Hall–Kier alpha value is -4.11. The van der Waals surface area contributed by atoms with E-state index in [0.29, 0.717) is 11.1 Å². The summed E-state index contributed by atoms with van der Waals surface area (Å²) in [4.78, 5) is 31.9. The fourth-order valence-electron chi connectivity index (χ4n) is 8.33. The van der Waals surface area contributed by atoms with Gasteiger partial charge in [-0.05, 0) is 107 Å². The molecule has 0 bridgehead atoms. The van der Waals surface area contributed by atoms with Gasteiger partial charge in [-0.1, -0.05) is 95.2 Å². The predicted molar refractivity (Wildman–Crippen MR) is 272 cm³/mol. The largest absolute Gasteiger partial charge is 0.507 e. The zero-order chi connectivity index (χ0) is 49.0. The average molecular weight is 989 g/mol. The Bertz CT molecular complexity index is 2010. The fourth-order valence-corrected chi connectivity index (χ4v) is 8.33. The van der Waals surface area contributed by atoms with E-state index >= 15 is 0 Å². The third kappa shape index (κ3) is 18.3. The summed E-state index contributed by atoms with van der Waals surface area (Å²) in [6.45, 7) is 36.3. The van der Waals surface area contributed by atoms with Gasteiger partial charge in [-0.25, -0.2) is 9.59 Å². The average Bonchev–Trinajstić information content (AvgIpc) is 3.23. The van der Waals surface area contributed by atoms with Crippen LogP contribution in [0.3, 0.4) is 0 Å². The topological polar surface area (TPSA) is 167 Å². The molecule has 68 heavy (non-hydrogen) atoms. The number of carboxylic acid groups (broad SMARTS) is 2. The molecule has 3 aromatic carbocycles. The van der Waals surface area contributed by atoms with Gasteiger partial charge in [0.05, 0.1) is 50.9 Å². The normalized spacial score (nSPS) is 15.4. The van der Waals surface area contributed by atoms with Crippen LogP contribution in [0.25, 0.3) is 0 Å². The van der Waals surface area contributed by atoms with E-state index in [0.717, 1.165) is 125 Å². The van der Waals surface area contributed by atoms with Crippen LogP contribution >= 0.6 is 0 Å². The molecule has 12 nitrogen and oxygen atoms in total. The first-order chi connectivity index (χ1) is 30.8. The van der Waals surface area contributed by atoms with Crippen LogP contribution in [0.2, 0.25) is 0 Å². The van der Waals surface area contributed by atoms with E-state index in [1.165, 1.54) is 24.2 Å². The van der Waals surface area contributed by atoms with Gasteiger partial charge in [-0.3, -0.25) is 9.98 Å². The Kier molecular flexibility index (Phi) is 23.1. The number of hydrogen-bond acceptors (Lipinski definition) is 8. The molecule has 13 heteroatoms. The predicted octanol–water partition coefficient (Wildman–Crippen LogP) is 7.87. The van der Waals surface area contributed by atoms with Gasteiger partial charge >= 0.3 is 11.9 Å². The Balaban J connectivity index is 0.00000186. The summed E-state index contributed by atoms with van der Waals surface area (Å²) in [6, 6.07) is 13.0. The Morgan fingerprint density at radius 1 is 0.544 bits per heavy atom. The van der Waals surface area contributed by atoms with Crippen LogP contribution in [-0.2, 0) is 70.3 Å². The van der Waals surface area contributed by atoms with E-state index in [-0.39, 0.29) is 57.4 Å². The maximum atomic E-state index is 11.7. The van der Waals surface area contributed by atoms with Crippen molar-refractivity contribution in [3.63, 3.8) is 0 Å². The molecular weight excluding hydrogens is 904 g/mol. The molecule has 381 valence electrons. The van der Waals surface area contributed by atoms with Gasteiger partial charge in [-0.2, -0.15) is 0 Å². The van der Waals surface area contributed by atoms with Crippen LogP contribution < -0.4 is 9.80 Å². The number of carbonyl (C=O) groups is 2. The number of ether oxygens (including phenoxy) is 2. The molecule has 3 aromatic rings. The zero-order valence-electron chi connectivity index (χ0n) is 43.6. The summed E-state index contributed by atoms with van der Waals surface area (Å²) >= 11 is 0. The molecule has 0 spiro atoms. The summed E-state index contributed by atoms with van der Waals surface area (Å²) < 4.78 is 11.2. The number of benzene rings is 3. The molecule has 6 N–H and O–H groups in total. The van der Waals surface area contributed by atoms with Crippen molar-refractivity contribution in [2.45, 2.75) is 143 Å². The minimum Gasteiger partial charge on any atom is -0.507 e. The Labute approximate surface area is 418 Å². The van der Waals surface area contributed by atoms with Crippen molar-refractivity contribution in [1.82, 2.24) is 0 Å². The summed E-state index contributed by atoms with van der Waals surface area (Å²) in [7, 11) is 0. The smallest absolute Gasteiger partial charge is 0.414 e. The number of aromatic hydroxyl groups is 2. The number of morpholine rings is 2. The number of nitrogens with zero attached hydrogens (tertiary/aromatic N) is 2. The van der Waals surface area contributed by atoms with Gasteiger partial charge in [0.2, 0.25) is 0 Å². The Morgan fingerprint density at radius 3 is 1.15 bits per heavy atom. The quantitative estimate of drug-likeness (QED) is 0.0411. The van der Waals surface area contributed by atoms with Crippen molar-refractivity contribution in [3.8, 4) is 11.5 Å². The number of carboxylic acids is 2. The Morgan fingerprint density at radius 2 is 0.868 bits per heavy atom. The van der Waals surface area contributed by atoms with E-state index in [1.54, 1.807) is 9.80 Å². The van der Waals surface area contributed by atoms with Gasteiger partial charge in [-0.15, -0.1) is 0 Å². The molecule has 2 saturated heterocycles. The SMILES string of the molecule is CC(C)(C)c1cc(C=Nc2cc(CCCC[NH+]3CCOCC3)c(CCCC[NH+]3CCOCC3)cc2N=Cc2cc(C(C)(C)C)cc(C(C)(C)C)c2O)c(O)c(C(C)(C)C)c1.O=C(O)C(=O)O.[CH3-].[Co]. The minimum absolute atomic E-state index is 0. The van der Waals surface area contributed by atoms with Crippen LogP contribution in [0.5, 0.6) is 11.5 Å². The number of phenolic OH excluding ortho intramolecular Hbond substituents is 2. The third-order valence-electron chi connectivity index (χ3n) is 12.6. The molecule has 2 fully saturated rings. The molecule has 2 aliphatic heterocycles. The number of quaternary nitrogens is 2. The van der Waals surface area contributed by atoms with Crippen LogP contribution in [0.1, 0.15) is 153 Å². The van der Waals surface area contributed by atoms with E-state index in [9.17, 15) is 10.2 Å². The van der Waals surface area contributed by atoms with E-state index in [1.807, 2.05) is 12.4 Å². The van der Waals surface area contributed by atoms with Crippen LogP contribution in [0.4, 0.5) is 11.4 Å². The number of hydrogen-bond donors (Lipinski definition) is 6. The molecule has 0 atom stereocenters. The maximum Gasteiger partial charge on any atom is 0.414 e. The van der Waals surface area contributed by atoms with Crippen molar-refractivity contribution in [2.24, 2.45) is 9.98 Å². The van der Waals surface area contributed by atoms with Crippen molar-refractivity contribution in [3.05, 3.63) is 88.3 Å². The number of phenols is 2. The van der Waals surface area contributed by atoms with Crippen LogP contribution in [-0.4, -0.2) is 110 Å². The number of aliphatic imine (C=N–C) groups is 2. The van der Waals surface area contributed by atoms with Crippen LogP contribution in [0.15, 0.2) is 46.4 Å². The minimum atomic E-state index is -1.82. The van der Waals surface area contributed by atoms with Crippen LogP contribution in [0, 0.1) is 7.43 Å². The molecule has 5 rings (SSSR count). The summed E-state index contributed by atoms with van der Waals surface area (Å²) in [5.74, 6) is -3.11. The van der Waals surface area contributed by atoms with Gasteiger partial charge in [0, 0.05) is 51.5 Å². The van der Waals surface area contributed by atoms with E-state index < -0.39 is 11.9 Å². The number of unbranched alkanes of at least 4 members (excludes halogenated alkanes) is 2. The molecule has 0 aliphatic carbocycles. The summed E-state index contributed by atoms with van der Waals surface area (Å²) in [5.41, 5.74) is 9.02. The number of rotatable bonds is 14. The first-order valence-corrected chi connectivity index (χ1v) is 24.0. The standard InChI is InChI=1S/C52H78N4O4.C2H2O4.CH3.Co/c1-49(2,3)41-29-39(47(57)43(33-41)51(7,8)9)35-53-45-31-37(17-13-15-19-55-21-25-59-26-22-55)38(18-14-16-20-56-23-27-60-28-24-56)32-46(45)54-36-40-30-42(50(4,5)6)34-44(48(40)58)52(10,11)12;3-1(4)2(5)6;;/h29-36,57-58H,13-28H2,1-12H3;(H,3,4)(H,5,6);1H3;/q;;-1;/p+2. The van der Waals surface area contributed by atoms with Crippen molar-refractivity contribution >= 4 is 35.7 Å². The van der Waals surface area contributed by atoms with Gasteiger partial charge in [0.25, 0.3) is 0 Å². The maximum absolute atomic E-state index is 11.7. The monoisotopic (exact) mass is 989 g/mol. The van der Waals surface area contributed by atoms with E-state index in [4.69, 9.17) is 39.3 Å². The van der Waals surface area contributed by atoms with Crippen molar-refractivity contribution < 1.29 is 66.1 Å². The molecule has 0 amide bonds. The van der Waals surface area contributed by atoms with E-state index in [2.05, 4.69) is 119 Å². The zero-order valence-corrected chi connectivity index (χ0v) is 44.6. The van der Waals surface area contributed by atoms with Gasteiger partial charge in [0.1, 0.15) is 37.7 Å². The van der Waals surface area contributed by atoms with Gasteiger partial charge in [0.15, 0.2) is 0 Å². The molecule has 2 aliphatic rings. The summed E-state index contributed by atoms with van der Waals surface area (Å²) in [5, 5.41) is 38.2. The number of nitrogens with one attached hydrogen (secondary N) is 2. The molecule has 0 saturated carbocycles. The van der Waals surface area contributed by atoms with Crippen molar-refractivity contribution in [2.75, 3.05) is 65.7 Å². The number of aryl methyl sites for hydroxylation is 2. The first-order valence-electron chi connectivity index (χ1n) is 24.0. The third-order valence-corrected chi connectivity index (χ3v) is 12.6. The summed E-state index contributed by atoms with van der Waals surface area (Å²) in [6.07, 6.45) is 10.2. The fraction of sp³-hybridized carbons (Fsp3) is 0.582. The number of aliphatic carboxylic acids is 2. The molecule has 2 heterocycles. The first kappa shape index (κ1) is 60.0.